The maximum atomic E-state index is 11.1. The molecule has 6 heteroatoms. The Morgan fingerprint density at radius 1 is 1.32 bits per heavy atom. The molecule has 2 aliphatic rings. The van der Waals surface area contributed by atoms with Crippen molar-refractivity contribution in [2.75, 3.05) is 19.8 Å². The molecule has 2 atom stereocenters. The number of rotatable bonds is 4. The monoisotopic (exact) mass is 369 g/mol. The van der Waals surface area contributed by atoms with Gasteiger partial charge < -0.3 is 9.47 Å². The van der Waals surface area contributed by atoms with Gasteiger partial charge in [0.25, 0.3) is 0 Å². The maximum absolute atomic E-state index is 11.1. The summed E-state index contributed by atoms with van der Waals surface area (Å²) < 4.78 is 13.0. The number of nitrogens with zero attached hydrogens (tertiary/aromatic N) is 1. The van der Waals surface area contributed by atoms with Crippen molar-refractivity contribution in [2.24, 2.45) is 11.8 Å². The third kappa shape index (κ3) is 3.19. The minimum Gasteiger partial charge on any atom is -0.347 e. The molecule has 0 unspecified atom stereocenters. The summed E-state index contributed by atoms with van der Waals surface area (Å²) in [5.74, 6) is -0.615. The average Bonchev–Trinajstić information content (AvgIpc) is 2.93. The molecule has 120 valence electrons. The lowest BCUT2D eigenvalue weighted by molar-refractivity contribution is -0.493. The van der Waals surface area contributed by atoms with Gasteiger partial charge in [-0.15, -0.1) is 0 Å². The van der Waals surface area contributed by atoms with Gasteiger partial charge in [-0.1, -0.05) is 34.1 Å². The van der Waals surface area contributed by atoms with Crippen molar-refractivity contribution in [1.82, 2.24) is 0 Å². The van der Waals surface area contributed by atoms with Crippen LogP contribution in [-0.4, -0.2) is 30.5 Å². The molecule has 22 heavy (non-hydrogen) atoms. The minimum atomic E-state index is -0.631. The molecule has 0 aromatic heterocycles. The van der Waals surface area contributed by atoms with Gasteiger partial charge in [0.2, 0.25) is 6.54 Å². The quantitative estimate of drug-likeness (QED) is 0.602. The smallest absolute Gasteiger partial charge is 0.207 e. The summed E-state index contributed by atoms with van der Waals surface area (Å²) in [6, 6.07) is 8.03. The third-order valence-corrected chi connectivity index (χ3v) is 5.57. The van der Waals surface area contributed by atoms with E-state index in [1.54, 1.807) is 0 Å². The Labute approximate surface area is 138 Å². The van der Waals surface area contributed by atoms with Crippen molar-refractivity contribution in [1.29, 1.82) is 0 Å². The van der Waals surface area contributed by atoms with Crippen molar-refractivity contribution in [3.8, 4) is 0 Å². The van der Waals surface area contributed by atoms with E-state index < -0.39 is 5.79 Å². The molecule has 0 N–H and O–H groups in total. The number of hydrogen-bond donors (Lipinski definition) is 0. The lowest BCUT2D eigenvalue weighted by Gasteiger charge is -2.43. The van der Waals surface area contributed by atoms with Crippen molar-refractivity contribution in [3.05, 3.63) is 44.4 Å². The van der Waals surface area contributed by atoms with Crippen LogP contribution >= 0.6 is 15.9 Å². The number of ether oxygens (including phenoxy) is 2. The predicted molar refractivity (Wildman–Crippen MR) is 85.2 cm³/mol. The molecule has 3 rings (SSSR count). The highest BCUT2D eigenvalue weighted by Crippen LogP contribution is 2.45. The topological polar surface area (TPSA) is 61.6 Å². The SMILES string of the molecule is O=[N+]([O-])C[C@@H]1CCCC2(OCCO2)[C@H]1Cc1ccccc1Br. The highest BCUT2D eigenvalue weighted by molar-refractivity contribution is 9.10. The molecule has 1 saturated heterocycles. The van der Waals surface area contributed by atoms with Crippen LogP contribution in [0.2, 0.25) is 0 Å². The largest absolute Gasteiger partial charge is 0.347 e. The Bertz CT molecular complexity index is 545. The molecule has 1 aromatic rings. The van der Waals surface area contributed by atoms with Gasteiger partial charge in [-0.25, -0.2) is 0 Å². The Morgan fingerprint density at radius 2 is 2.05 bits per heavy atom. The molecular weight excluding hydrogens is 350 g/mol. The number of nitro groups is 1. The highest BCUT2D eigenvalue weighted by atomic mass is 79.9. The molecule has 1 heterocycles. The Morgan fingerprint density at radius 3 is 2.73 bits per heavy atom. The summed E-state index contributed by atoms with van der Waals surface area (Å²) in [7, 11) is 0. The summed E-state index contributed by atoms with van der Waals surface area (Å²) in [5.41, 5.74) is 1.15. The van der Waals surface area contributed by atoms with E-state index in [2.05, 4.69) is 22.0 Å². The zero-order valence-electron chi connectivity index (χ0n) is 12.4. The van der Waals surface area contributed by atoms with E-state index in [1.807, 2.05) is 18.2 Å². The van der Waals surface area contributed by atoms with Crippen LogP contribution in [0.5, 0.6) is 0 Å². The van der Waals surface area contributed by atoms with E-state index in [0.29, 0.717) is 13.2 Å². The Kier molecular flexibility index (Phi) is 4.80. The van der Waals surface area contributed by atoms with Gasteiger partial charge in [0.1, 0.15) is 0 Å². The van der Waals surface area contributed by atoms with Crippen molar-refractivity contribution >= 4 is 15.9 Å². The van der Waals surface area contributed by atoms with Crippen molar-refractivity contribution in [2.45, 2.75) is 31.5 Å². The van der Waals surface area contributed by atoms with Gasteiger partial charge >= 0.3 is 0 Å². The summed E-state index contributed by atoms with van der Waals surface area (Å²) >= 11 is 3.58. The minimum absolute atomic E-state index is 0.00560. The second-order valence-electron chi connectivity index (χ2n) is 6.08. The first-order chi connectivity index (χ1) is 10.6. The molecule has 0 radical (unpaired) electrons. The predicted octanol–water partition coefficient (Wildman–Crippen LogP) is 3.43. The van der Waals surface area contributed by atoms with Crippen LogP contribution in [0.4, 0.5) is 0 Å². The molecular formula is C16H20BrNO4. The molecule has 1 aliphatic carbocycles. The second kappa shape index (κ2) is 6.64. The zero-order valence-corrected chi connectivity index (χ0v) is 14.0. The summed E-state index contributed by atoms with van der Waals surface area (Å²) in [6.07, 6.45) is 3.35. The average molecular weight is 370 g/mol. The van der Waals surface area contributed by atoms with E-state index in [1.165, 1.54) is 0 Å². The van der Waals surface area contributed by atoms with Crippen LogP contribution in [-0.2, 0) is 15.9 Å². The van der Waals surface area contributed by atoms with E-state index in [0.717, 1.165) is 35.7 Å². The molecule has 0 bridgehead atoms. The van der Waals surface area contributed by atoms with Crippen LogP contribution < -0.4 is 0 Å². The van der Waals surface area contributed by atoms with Crippen LogP contribution in [0.15, 0.2) is 28.7 Å². The zero-order chi connectivity index (χ0) is 15.6. The summed E-state index contributed by atoms with van der Waals surface area (Å²) in [6.45, 7) is 1.15. The first-order valence-electron chi connectivity index (χ1n) is 7.74. The molecule has 2 fully saturated rings. The van der Waals surface area contributed by atoms with Crippen molar-refractivity contribution in [3.63, 3.8) is 0 Å². The van der Waals surface area contributed by atoms with Gasteiger partial charge in [0.05, 0.1) is 13.2 Å². The Balaban J connectivity index is 1.88. The summed E-state index contributed by atoms with van der Waals surface area (Å²) in [5, 5.41) is 11.1. The Hall–Kier alpha value is -0.980. The molecule has 1 aromatic carbocycles. The van der Waals surface area contributed by atoms with Crippen LogP contribution in [0.3, 0.4) is 0 Å². The van der Waals surface area contributed by atoms with E-state index in [-0.39, 0.29) is 23.3 Å². The number of halogens is 1. The standard InChI is InChI=1S/C16H20BrNO4/c17-15-6-2-1-4-12(15)10-14-13(11-18(19)20)5-3-7-16(14)21-8-9-22-16/h1-2,4,6,13-14H,3,5,7-11H2/t13-,14-/m0/s1. The van der Waals surface area contributed by atoms with E-state index in [4.69, 9.17) is 9.47 Å². The molecule has 0 amide bonds. The fraction of sp³-hybridized carbons (Fsp3) is 0.625. The fourth-order valence-corrected chi connectivity index (χ4v) is 4.26. The maximum Gasteiger partial charge on any atom is 0.207 e. The van der Waals surface area contributed by atoms with Crippen molar-refractivity contribution < 1.29 is 14.4 Å². The molecule has 5 nitrogen and oxygen atoms in total. The van der Waals surface area contributed by atoms with Gasteiger partial charge in [0, 0.05) is 27.7 Å². The number of benzene rings is 1. The van der Waals surface area contributed by atoms with Crippen LogP contribution in [0, 0.1) is 22.0 Å². The molecule has 1 spiro atoms. The first kappa shape index (κ1) is 15.9. The molecule has 1 aliphatic heterocycles. The van der Waals surface area contributed by atoms with Crippen LogP contribution in [0.1, 0.15) is 24.8 Å². The third-order valence-electron chi connectivity index (χ3n) is 4.79. The van der Waals surface area contributed by atoms with Crippen LogP contribution in [0.25, 0.3) is 0 Å². The highest BCUT2D eigenvalue weighted by Gasteiger charge is 2.51. The fourth-order valence-electron chi connectivity index (χ4n) is 3.82. The molecule has 1 saturated carbocycles. The van der Waals surface area contributed by atoms with Gasteiger partial charge in [-0.2, -0.15) is 0 Å². The van der Waals surface area contributed by atoms with E-state index >= 15 is 0 Å². The number of hydrogen-bond acceptors (Lipinski definition) is 4. The lowest BCUT2D eigenvalue weighted by atomic mass is 9.72. The normalized spacial score (nSPS) is 27.1. The van der Waals surface area contributed by atoms with Gasteiger partial charge in [0.15, 0.2) is 5.79 Å². The summed E-state index contributed by atoms with van der Waals surface area (Å²) in [4.78, 5) is 10.8. The first-order valence-corrected chi connectivity index (χ1v) is 8.53. The lowest BCUT2D eigenvalue weighted by Crippen LogP contribution is -2.49. The van der Waals surface area contributed by atoms with Gasteiger partial charge in [-0.05, 0) is 30.9 Å². The van der Waals surface area contributed by atoms with E-state index in [9.17, 15) is 10.1 Å². The second-order valence-corrected chi connectivity index (χ2v) is 6.93. The van der Waals surface area contributed by atoms with Gasteiger partial charge in [-0.3, -0.25) is 10.1 Å².